The predicted molar refractivity (Wildman–Crippen MR) is 67.4 cm³/mol. The van der Waals surface area contributed by atoms with Gasteiger partial charge in [-0.1, -0.05) is 6.92 Å². The van der Waals surface area contributed by atoms with Crippen molar-refractivity contribution in [1.82, 2.24) is 0 Å². The van der Waals surface area contributed by atoms with E-state index in [9.17, 15) is 31.2 Å². The fraction of sp³-hybridized carbons (Fsp3) is 0.818. The summed E-state index contributed by atoms with van der Waals surface area (Å²) < 4.78 is 75.3. The summed E-state index contributed by atoms with van der Waals surface area (Å²) in [7, 11) is -5.02. The van der Waals surface area contributed by atoms with Crippen molar-refractivity contribution in [3.05, 3.63) is 0 Å². The maximum atomic E-state index is 12.5. The number of halogens is 3. The van der Waals surface area contributed by atoms with E-state index in [1.54, 1.807) is 6.92 Å². The lowest BCUT2D eigenvalue weighted by Gasteiger charge is -2.21. The normalized spacial score (nSPS) is 14.3. The van der Waals surface area contributed by atoms with Crippen molar-refractivity contribution in [2.75, 3.05) is 12.4 Å². The first-order valence-corrected chi connectivity index (χ1v) is 7.68. The van der Waals surface area contributed by atoms with Gasteiger partial charge in [-0.2, -0.15) is 21.6 Å². The molecule has 0 bridgehead atoms. The Morgan fingerprint density at radius 1 is 1.23 bits per heavy atom. The second-order valence-corrected chi connectivity index (χ2v) is 6.58. The number of esters is 2. The second kappa shape index (κ2) is 7.27. The van der Waals surface area contributed by atoms with Gasteiger partial charge >= 0.3 is 18.1 Å². The zero-order chi connectivity index (χ0) is 17.8. The molecule has 0 aromatic heterocycles. The molecule has 130 valence electrons. The van der Waals surface area contributed by atoms with Gasteiger partial charge in [0.1, 0.15) is 5.75 Å². The van der Waals surface area contributed by atoms with Crippen LogP contribution in [0.5, 0.6) is 0 Å². The predicted octanol–water partition coefficient (Wildman–Crippen LogP) is 1.33. The van der Waals surface area contributed by atoms with Gasteiger partial charge in [0.05, 0.1) is 5.41 Å². The highest BCUT2D eigenvalue weighted by atomic mass is 32.2. The Bertz CT molecular complexity index is 510. The van der Waals surface area contributed by atoms with E-state index in [4.69, 9.17) is 4.55 Å². The minimum absolute atomic E-state index is 0.370. The van der Waals surface area contributed by atoms with Gasteiger partial charge in [0.25, 0.3) is 10.1 Å². The van der Waals surface area contributed by atoms with Crippen LogP contribution in [0.1, 0.15) is 27.2 Å². The van der Waals surface area contributed by atoms with Crippen molar-refractivity contribution in [2.24, 2.45) is 5.41 Å². The minimum Gasteiger partial charge on any atom is -0.453 e. The van der Waals surface area contributed by atoms with Crippen molar-refractivity contribution in [3.63, 3.8) is 0 Å². The lowest BCUT2D eigenvalue weighted by molar-refractivity contribution is -0.217. The molecule has 7 nitrogen and oxygen atoms in total. The van der Waals surface area contributed by atoms with Gasteiger partial charge in [-0.3, -0.25) is 9.35 Å². The third kappa shape index (κ3) is 7.59. The molecule has 0 heterocycles. The molecular formula is C11H17F3O7S. The van der Waals surface area contributed by atoms with Crippen molar-refractivity contribution >= 4 is 22.1 Å². The molecular weight excluding hydrogens is 333 g/mol. The molecule has 1 N–H and O–H groups in total. The molecule has 11 heteroatoms. The molecule has 0 aliphatic carbocycles. The Morgan fingerprint density at radius 2 is 1.73 bits per heavy atom. The van der Waals surface area contributed by atoms with Crippen molar-refractivity contribution in [1.29, 1.82) is 0 Å². The molecule has 22 heavy (non-hydrogen) atoms. The van der Waals surface area contributed by atoms with Crippen LogP contribution in [0.15, 0.2) is 0 Å². The van der Waals surface area contributed by atoms with Gasteiger partial charge < -0.3 is 9.47 Å². The Balaban J connectivity index is 4.70. The summed E-state index contributed by atoms with van der Waals surface area (Å²) in [6.07, 6.45) is -7.87. The van der Waals surface area contributed by atoms with E-state index in [0.29, 0.717) is 6.42 Å². The molecule has 0 saturated carbocycles. The summed E-state index contributed by atoms with van der Waals surface area (Å²) in [5, 5.41) is 0. The van der Waals surface area contributed by atoms with Crippen LogP contribution in [-0.4, -0.2) is 49.5 Å². The lowest BCUT2D eigenvalue weighted by Crippen LogP contribution is -2.40. The maximum Gasteiger partial charge on any atom is 0.426 e. The number of ether oxygens (including phenoxy) is 2. The number of alkyl halides is 3. The summed E-state index contributed by atoms with van der Waals surface area (Å²) >= 11 is 0. The molecule has 0 aromatic rings. The Morgan fingerprint density at radius 3 is 2.09 bits per heavy atom. The largest absolute Gasteiger partial charge is 0.453 e. The number of hydrogen-bond donors (Lipinski definition) is 1. The van der Waals surface area contributed by atoms with Crippen LogP contribution in [-0.2, 0) is 29.2 Å². The Labute approximate surface area is 125 Å². The minimum atomic E-state index is -5.20. The SMILES string of the molecule is CCC(C)(C)C(=O)OCC(=O)OC(CS(=O)(=O)O)C(F)(F)F. The van der Waals surface area contributed by atoms with Crippen LogP contribution >= 0.6 is 0 Å². The topological polar surface area (TPSA) is 107 Å². The quantitative estimate of drug-likeness (QED) is 0.545. The van der Waals surface area contributed by atoms with Gasteiger partial charge in [0, 0.05) is 0 Å². The van der Waals surface area contributed by atoms with Crippen LogP contribution in [0.3, 0.4) is 0 Å². The summed E-state index contributed by atoms with van der Waals surface area (Å²) in [5.74, 6) is -4.23. The monoisotopic (exact) mass is 350 g/mol. The first-order chi connectivity index (χ1) is 9.69. The van der Waals surface area contributed by atoms with E-state index in [1.807, 2.05) is 0 Å². The average molecular weight is 350 g/mol. The fourth-order valence-electron chi connectivity index (χ4n) is 1.04. The third-order valence-electron chi connectivity index (χ3n) is 2.76. The first kappa shape index (κ1) is 20.6. The molecule has 0 aliphatic rings. The van der Waals surface area contributed by atoms with Crippen molar-refractivity contribution in [3.8, 4) is 0 Å². The zero-order valence-corrected chi connectivity index (χ0v) is 13.0. The summed E-state index contributed by atoms with van der Waals surface area (Å²) in [6, 6.07) is 0. The third-order valence-corrected chi connectivity index (χ3v) is 3.48. The van der Waals surface area contributed by atoms with Crippen molar-refractivity contribution in [2.45, 2.75) is 39.5 Å². The zero-order valence-electron chi connectivity index (χ0n) is 12.1. The summed E-state index contributed by atoms with van der Waals surface area (Å²) in [5.41, 5.74) is -0.932. The summed E-state index contributed by atoms with van der Waals surface area (Å²) in [6.45, 7) is 3.60. The molecule has 0 saturated heterocycles. The number of carbonyl (C=O) groups excluding carboxylic acids is 2. The van der Waals surface area contributed by atoms with Crippen LogP contribution in [0.4, 0.5) is 13.2 Å². The number of hydrogen-bond acceptors (Lipinski definition) is 6. The maximum absolute atomic E-state index is 12.5. The van der Waals surface area contributed by atoms with Gasteiger partial charge in [0.15, 0.2) is 6.61 Å². The van der Waals surface area contributed by atoms with E-state index >= 15 is 0 Å². The second-order valence-electron chi connectivity index (χ2n) is 5.08. The van der Waals surface area contributed by atoms with Gasteiger partial charge in [-0.25, -0.2) is 4.79 Å². The Kier molecular flexibility index (Phi) is 6.82. The van der Waals surface area contributed by atoms with Gasteiger partial charge in [-0.05, 0) is 20.3 Å². The van der Waals surface area contributed by atoms with Gasteiger partial charge in [0.2, 0.25) is 6.10 Å². The highest BCUT2D eigenvalue weighted by Crippen LogP contribution is 2.25. The standard InChI is InChI=1S/C11H17F3O7S/c1-4-10(2,3)9(16)20-5-8(15)21-7(11(12,13)14)6-22(17,18)19/h7H,4-6H2,1-3H3,(H,17,18,19). The molecule has 0 radical (unpaired) electrons. The fourth-order valence-corrected chi connectivity index (χ4v) is 1.68. The number of rotatable bonds is 7. The molecule has 0 rings (SSSR count). The van der Waals surface area contributed by atoms with E-state index in [1.165, 1.54) is 13.8 Å². The Hall–Kier alpha value is -1.36. The van der Waals surface area contributed by atoms with E-state index in [2.05, 4.69) is 9.47 Å². The molecule has 0 spiro atoms. The van der Waals surface area contributed by atoms with E-state index < -0.39 is 52.1 Å². The van der Waals surface area contributed by atoms with Crippen molar-refractivity contribution < 1.29 is 45.2 Å². The summed E-state index contributed by atoms with van der Waals surface area (Å²) in [4.78, 5) is 22.8. The van der Waals surface area contributed by atoms with E-state index in [-0.39, 0.29) is 0 Å². The van der Waals surface area contributed by atoms with Crippen LogP contribution in [0.2, 0.25) is 0 Å². The van der Waals surface area contributed by atoms with E-state index in [0.717, 1.165) is 0 Å². The lowest BCUT2D eigenvalue weighted by atomic mass is 9.91. The molecule has 1 atom stereocenters. The van der Waals surface area contributed by atoms with Gasteiger partial charge in [-0.15, -0.1) is 0 Å². The molecule has 1 unspecified atom stereocenters. The van der Waals surface area contributed by atoms with Crippen LogP contribution in [0, 0.1) is 5.41 Å². The average Bonchev–Trinajstić information content (AvgIpc) is 2.32. The first-order valence-electron chi connectivity index (χ1n) is 6.07. The molecule has 0 fully saturated rings. The molecule has 0 aliphatic heterocycles. The van der Waals surface area contributed by atoms with Crippen LogP contribution < -0.4 is 0 Å². The molecule has 0 aromatic carbocycles. The highest BCUT2D eigenvalue weighted by Gasteiger charge is 2.45. The smallest absolute Gasteiger partial charge is 0.426 e. The van der Waals surface area contributed by atoms with Crippen LogP contribution in [0.25, 0.3) is 0 Å². The molecule has 0 amide bonds. The number of carbonyl (C=O) groups is 2. The highest BCUT2D eigenvalue weighted by molar-refractivity contribution is 7.85.